The second kappa shape index (κ2) is 6.13. The molecule has 0 unspecified atom stereocenters. The minimum absolute atomic E-state index is 0.547. The van der Waals surface area contributed by atoms with Crippen LogP contribution in [0.3, 0.4) is 0 Å². The lowest BCUT2D eigenvalue weighted by Gasteiger charge is -2.39. The second-order valence-electron chi connectivity index (χ2n) is 4.99. The van der Waals surface area contributed by atoms with Gasteiger partial charge in [0.05, 0.1) is 6.34 Å². The zero-order valence-corrected chi connectivity index (χ0v) is 13.2. The number of aliphatic hydroxyl groups is 1. The maximum atomic E-state index is 11.5. The van der Waals surface area contributed by atoms with E-state index in [0.717, 1.165) is 0 Å². The third kappa shape index (κ3) is 2.75. The number of rotatable bonds is 3. The van der Waals surface area contributed by atoms with Gasteiger partial charge in [0.15, 0.2) is 5.72 Å². The molecule has 0 bridgehead atoms. The first-order valence-electron chi connectivity index (χ1n) is 6.80. The molecule has 1 aliphatic rings. The van der Waals surface area contributed by atoms with E-state index in [1.54, 1.807) is 41.7 Å². The van der Waals surface area contributed by atoms with Crippen molar-refractivity contribution in [2.75, 3.05) is 6.54 Å². The van der Waals surface area contributed by atoms with Gasteiger partial charge in [-0.25, -0.2) is 4.99 Å². The second-order valence-corrected chi connectivity index (χ2v) is 5.86. The largest absolute Gasteiger partial charge is 0.363 e. The smallest absolute Gasteiger partial charge is 0.192 e. The molecule has 0 atom stereocenters. The average molecular weight is 333 g/mol. The fourth-order valence-electron chi connectivity index (χ4n) is 2.47. The predicted molar refractivity (Wildman–Crippen MR) is 90.2 cm³/mol. The van der Waals surface area contributed by atoms with Gasteiger partial charge in [0.25, 0.3) is 0 Å². The lowest BCUT2D eigenvalue weighted by molar-refractivity contribution is -0.0298. The zero-order chi connectivity index (χ0) is 15.6. The molecule has 0 spiro atoms. The summed E-state index contributed by atoms with van der Waals surface area (Å²) in [5.74, 6) is 0. The van der Waals surface area contributed by atoms with Crippen LogP contribution >= 0.6 is 23.2 Å². The fraction of sp³-hybridized carbons (Fsp3) is 0.118. The van der Waals surface area contributed by atoms with Crippen molar-refractivity contribution >= 4 is 29.5 Å². The summed E-state index contributed by atoms with van der Waals surface area (Å²) in [6.07, 6.45) is 5.22. The molecule has 2 aromatic carbocycles. The zero-order valence-electron chi connectivity index (χ0n) is 11.7. The molecule has 112 valence electrons. The van der Waals surface area contributed by atoms with Crippen LogP contribution in [0.15, 0.2) is 65.8 Å². The standard InChI is InChI=1S/C17H14Cl2N2O/c18-15-6-2-13(3-7-15)17(22,21-11-1-10-20-12-21)14-4-8-16(19)9-5-14/h1-10,12,22H,11H2. The molecule has 1 N–H and O–H groups in total. The Morgan fingerprint density at radius 1 is 0.909 bits per heavy atom. The summed E-state index contributed by atoms with van der Waals surface area (Å²) in [4.78, 5) is 5.88. The molecule has 0 aliphatic carbocycles. The minimum Gasteiger partial charge on any atom is -0.363 e. The van der Waals surface area contributed by atoms with Gasteiger partial charge in [0.1, 0.15) is 0 Å². The van der Waals surface area contributed by atoms with E-state index in [-0.39, 0.29) is 0 Å². The van der Waals surface area contributed by atoms with Crippen molar-refractivity contribution in [1.82, 2.24) is 4.90 Å². The van der Waals surface area contributed by atoms with E-state index in [4.69, 9.17) is 23.2 Å². The summed E-state index contributed by atoms with van der Waals surface area (Å²) in [5.41, 5.74) is 0.0747. The molecule has 0 saturated heterocycles. The highest BCUT2D eigenvalue weighted by Crippen LogP contribution is 2.34. The molecular weight excluding hydrogens is 319 g/mol. The topological polar surface area (TPSA) is 35.8 Å². The molecule has 2 aromatic rings. The molecule has 1 aliphatic heterocycles. The number of nitrogens with zero attached hydrogens (tertiary/aromatic N) is 2. The van der Waals surface area contributed by atoms with Crippen molar-refractivity contribution < 1.29 is 5.11 Å². The highest BCUT2D eigenvalue weighted by molar-refractivity contribution is 6.30. The fourth-order valence-corrected chi connectivity index (χ4v) is 2.72. The number of benzene rings is 2. The molecule has 22 heavy (non-hydrogen) atoms. The first-order chi connectivity index (χ1) is 10.6. The van der Waals surface area contributed by atoms with Crippen molar-refractivity contribution in [3.63, 3.8) is 0 Å². The predicted octanol–water partition coefficient (Wildman–Crippen LogP) is 4.04. The van der Waals surface area contributed by atoms with Crippen LogP contribution in [0.4, 0.5) is 0 Å². The summed E-state index contributed by atoms with van der Waals surface area (Å²) >= 11 is 11.9. The van der Waals surface area contributed by atoms with Crippen LogP contribution in [0, 0.1) is 0 Å². The molecule has 0 aromatic heterocycles. The van der Waals surface area contributed by atoms with Gasteiger partial charge < -0.3 is 10.0 Å². The van der Waals surface area contributed by atoms with Crippen molar-refractivity contribution in [1.29, 1.82) is 0 Å². The van der Waals surface area contributed by atoms with Gasteiger partial charge in [-0.1, -0.05) is 47.5 Å². The van der Waals surface area contributed by atoms with Gasteiger partial charge in [-0.05, 0) is 30.3 Å². The number of aliphatic imine (C=N–C) groups is 1. The molecule has 1 heterocycles. The number of hydrogen-bond donors (Lipinski definition) is 1. The summed E-state index contributed by atoms with van der Waals surface area (Å²) in [6, 6.07) is 14.3. The quantitative estimate of drug-likeness (QED) is 0.920. The van der Waals surface area contributed by atoms with Crippen molar-refractivity contribution in [2.45, 2.75) is 5.72 Å². The van der Waals surface area contributed by atoms with Crippen LogP contribution in [-0.4, -0.2) is 22.9 Å². The third-order valence-electron chi connectivity index (χ3n) is 3.61. The van der Waals surface area contributed by atoms with Crippen LogP contribution in [0.2, 0.25) is 10.0 Å². The molecule has 3 rings (SSSR count). The Balaban J connectivity index is 2.12. The lowest BCUT2D eigenvalue weighted by atomic mass is 9.92. The van der Waals surface area contributed by atoms with E-state index in [1.807, 2.05) is 30.3 Å². The van der Waals surface area contributed by atoms with Crippen LogP contribution in [0.5, 0.6) is 0 Å². The molecule has 0 radical (unpaired) electrons. The molecule has 0 saturated carbocycles. The monoisotopic (exact) mass is 332 g/mol. The van der Waals surface area contributed by atoms with Crippen LogP contribution < -0.4 is 0 Å². The first-order valence-corrected chi connectivity index (χ1v) is 7.56. The molecule has 0 fully saturated rings. The van der Waals surface area contributed by atoms with E-state index in [1.165, 1.54) is 0 Å². The van der Waals surface area contributed by atoms with E-state index < -0.39 is 5.72 Å². The van der Waals surface area contributed by atoms with E-state index in [2.05, 4.69) is 4.99 Å². The lowest BCUT2D eigenvalue weighted by Crippen LogP contribution is -2.47. The molecule has 3 nitrogen and oxygen atoms in total. The number of hydrogen-bond acceptors (Lipinski definition) is 3. The van der Waals surface area contributed by atoms with E-state index >= 15 is 0 Å². The van der Waals surface area contributed by atoms with Crippen LogP contribution in [0.1, 0.15) is 11.1 Å². The Morgan fingerprint density at radius 2 is 1.41 bits per heavy atom. The van der Waals surface area contributed by atoms with Gasteiger partial charge in [0.2, 0.25) is 0 Å². The van der Waals surface area contributed by atoms with Gasteiger partial charge in [-0.2, -0.15) is 0 Å². The summed E-state index contributed by atoms with van der Waals surface area (Å²) in [7, 11) is 0. The third-order valence-corrected chi connectivity index (χ3v) is 4.11. The normalized spacial score (nSPS) is 14.4. The average Bonchev–Trinajstić information content (AvgIpc) is 2.56. The van der Waals surface area contributed by atoms with Gasteiger partial charge in [-0.3, -0.25) is 0 Å². The molecule has 5 heteroatoms. The van der Waals surface area contributed by atoms with Crippen LogP contribution in [0.25, 0.3) is 0 Å². The Kier molecular flexibility index (Phi) is 4.21. The van der Waals surface area contributed by atoms with E-state index in [9.17, 15) is 5.11 Å². The van der Waals surface area contributed by atoms with Gasteiger partial charge in [-0.15, -0.1) is 0 Å². The van der Waals surface area contributed by atoms with Crippen molar-refractivity contribution in [3.05, 3.63) is 82.0 Å². The molecular formula is C17H14Cl2N2O. The summed E-state index contributed by atoms with van der Waals surface area (Å²) < 4.78 is 0. The van der Waals surface area contributed by atoms with Crippen molar-refractivity contribution in [2.24, 2.45) is 4.99 Å². The highest BCUT2D eigenvalue weighted by Gasteiger charge is 2.37. The van der Waals surface area contributed by atoms with Crippen molar-refractivity contribution in [3.8, 4) is 0 Å². The van der Waals surface area contributed by atoms with Crippen LogP contribution in [-0.2, 0) is 5.72 Å². The number of halogens is 2. The maximum absolute atomic E-state index is 11.5. The van der Waals surface area contributed by atoms with E-state index in [0.29, 0.717) is 27.7 Å². The van der Waals surface area contributed by atoms with Gasteiger partial charge >= 0.3 is 0 Å². The Hall–Kier alpha value is -1.81. The minimum atomic E-state index is -1.34. The Morgan fingerprint density at radius 3 is 1.82 bits per heavy atom. The summed E-state index contributed by atoms with van der Waals surface area (Å²) in [6.45, 7) is 0.547. The Labute approximate surface area is 139 Å². The maximum Gasteiger partial charge on any atom is 0.192 e. The molecule has 0 amide bonds. The van der Waals surface area contributed by atoms with Gasteiger partial charge in [0, 0.05) is 33.9 Å². The first kappa shape index (κ1) is 15.1. The Bertz CT molecular complexity index is 663. The SMILES string of the molecule is OC(c1ccc(Cl)cc1)(c1ccc(Cl)cc1)N1C=NC=CC1. The summed E-state index contributed by atoms with van der Waals surface area (Å²) in [5, 5.41) is 12.7. The highest BCUT2D eigenvalue weighted by atomic mass is 35.5.